The van der Waals surface area contributed by atoms with E-state index in [0.717, 1.165) is 6.42 Å². The molecule has 0 saturated heterocycles. The molecule has 0 bridgehead atoms. The van der Waals surface area contributed by atoms with E-state index in [1.807, 2.05) is 37.3 Å². The Labute approximate surface area is 112 Å². The normalized spacial score (nSPS) is 11.9. The monoisotopic (exact) mass is 257 g/mol. The van der Waals surface area contributed by atoms with Crippen molar-refractivity contribution in [1.29, 1.82) is 0 Å². The molecule has 0 radical (unpaired) electrons. The second kappa shape index (κ2) is 6.14. The molecule has 2 aromatic rings. The molecule has 2 rings (SSSR count). The second-order valence-corrected chi connectivity index (χ2v) is 4.57. The van der Waals surface area contributed by atoms with Gasteiger partial charge >= 0.3 is 0 Å². The number of benzene rings is 2. The number of carbonyl (C=O) groups excluding carboxylic acids is 1. The van der Waals surface area contributed by atoms with Gasteiger partial charge in [0.05, 0.1) is 0 Å². The quantitative estimate of drug-likeness (QED) is 0.895. The number of halogens is 1. The minimum absolute atomic E-state index is 0.0277. The Balaban J connectivity index is 1.93. The molecule has 2 aromatic carbocycles. The van der Waals surface area contributed by atoms with Gasteiger partial charge in [0.1, 0.15) is 5.82 Å². The van der Waals surface area contributed by atoms with Gasteiger partial charge in [0, 0.05) is 11.6 Å². The lowest BCUT2D eigenvalue weighted by molar-refractivity contribution is 0.0940. The maximum atomic E-state index is 12.8. The number of amides is 1. The van der Waals surface area contributed by atoms with Gasteiger partial charge in [-0.2, -0.15) is 0 Å². The van der Waals surface area contributed by atoms with Gasteiger partial charge < -0.3 is 5.32 Å². The van der Waals surface area contributed by atoms with E-state index in [2.05, 4.69) is 5.32 Å². The van der Waals surface area contributed by atoms with E-state index in [1.54, 1.807) is 0 Å². The Morgan fingerprint density at radius 1 is 1.11 bits per heavy atom. The summed E-state index contributed by atoms with van der Waals surface area (Å²) >= 11 is 0. The molecule has 0 fully saturated rings. The van der Waals surface area contributed by atoms with Crippen LogP contribution in [0.3, 0.4) is 0 Å². The zero-order valence-corrected chi connectivity index (χ0v) is 10.8. The molecule has 19 heavy (non-hydrogen) atoms. The number of carbonyl (C=O) groups is 1. The van der Waals surface area contributed by atoms with Crippen molar-refractivity contribution in [3.8, 4) is 0 Å². The lowest BCUT2D eigenvalue weighted by Crippen LogP contribution is -2.34. The Morgan fingerprint density at radius 3 is 2.37 bits per heavy atom. The molecule has 3 heteroatoms. The predicted octanol–water partition coefficient (Wildman–Crippen LogP) is 3.19. The van der Waals surface area contributed by atoms with Gasteiger partial charge in [0.2, 0.25) is 0 Å². The highest BCUT2D eigenvalue weighted by molar-refractivity contribution is 5.94. The molecule has 98 valence electrons. The van der Waals surface area contributed by atoms with Crippen molar-refractivity contribution in [2.45, 2.75) is 19.4 Å². The molecule has 0 spiro atoms. The van der Waals surface area contributed by atoms with Crippen molar-refractivity contribution in [3.05, 3.63) is 71.5 Å². The summed E-state index contributed by atoms with van der Waals surface area (Å²) in [6.07, 6.45) is 0.772. The fourth-order valence-electron chi connectivity index (χ4n) is 1.93. The van der Waals surface area contributed by atoms with E-state index in [-0.39, 0.29) is 17.8 Å². The van der Waals surface area contributed by atoms with E-state index in [1.165, 1.54) is 29.8 Å². The molecule has 0 aliphatic heterocycles. The topological polar surface area (TPSA) is 29.1 Å². The minimum Gasteiger partial charge on any atom is -0.349 e. The third-order valence-corrected chi connectivity index (χ3v) is 2.87. The number of hydrogen-bond acceptors (Lipinski definition) is 1. The van der Waals surface area contributed by atoms with Crippen LogP contribution in [-0.4, -0.2) is 11.9 Å². The van der Waals surface area contributed by atoms with Crippen LogP contribution in [0.15, 0.2) is 54.6 Å². The van der Waals surface area contributed by atoms with Crippen molar-refractivity contribution >= 4 is 5.91 Å². The van der Waals surface area contributed by atoms with Crippen LogP contribution in [0, 0.1) is 5.82 Å². The Morgan fingerprint density at radius 2 is 1.74 bits per heavy atom. The molecule has 0 aliphatic rings. The molecular formula is C16H16FNO. The van der Waals surface area contributed by atoms with Crippen LogP contribution in [0.4, 0.5) is 4.39 Å². The second-order valence-electron chi connectivity index (χ2n) is 4.57. The number of hydrogen-bond donors (Lipinski definition) is 1. The summed E-state index contributed by atoms with van der Waals surface area (Å²) in [7, 11) is 0. The zero-order chi connectivity index (χ0) is 13.7. The summed E-state index contributed by atoms with van der Waals surface area (Å²) in [5.74, 6) is -0.516. The average molecular weight is 257 g/mol. The largest absolute Gasteiger partial charge is 0.349 e. The summed E-state index contributed by atoms with van der Waals surface area (Å²) in [6, 6.07) is 15.5. The molecule has 1 N–H and O–H groups in total. The van der Waals surface area contributed by atoms with Crippen LogP contribution < -0.4 is 5.32 Å². The third kappa shape index (κ3) is 3.91. The van der Waals surface area contributed by atoms with Crippen LogP contribution >= 0.6 is 0 Å². The SMILES string of the molecule is C[C@@H](Cc1ccccc1)NC(=O)c1ccc(F)cc1. The first-order chi connectivity index (χ1) is 9.15. The molecule has 0 saturated carbocycles. The van der Waals surface area contributed by atoms with Crippen LogP contribution in [0.5, 0.6) is 0 Å². The first kappa shape index (κ1) is 13.3. The highest BCUT2D eigenvalue weighted by Crippen LogP contribution is 2.06. The van der Waals surface area contributed by atoms with E-state index in [4.69, 9.17) is 0 Å². The summed E-state index contributed by atoms with van der Waals surface area (Å²) < 4.78 is 12.8. The maximum Gasteiger partial charge on any atom is 0.251 e. The molecule has 0 heterocycles. The van der Waals surface area contributed by atoms with E-state index in [0.29, 0.717) is 5.56 Å². The van der Waals surface area contributed by atoms with Crippen molar-refractivity contribution in [2.75, 3.05) is 0 Å². The van der Waals surface area contributed by atoms with E-state index in [9.17, 15) is 9.18 Å². The molecule has 1 amide bonds. The molecule has 0 aromatic heterocycles. The highest BCUT2D eigenvalue weighted by atomic mass is 19.1. The van der Waals surface area contributed by atoms with Gasteiger partial charge in [-0.1, -0.05) is 30.3 Å². The van der Waals surface area contributed by atoms with Crippen LogP contribution in [-0.2, 0) is 6.42 Å². The summed E-state index contributed by atoms with van der Waals surface area (Å²) in [6.45, 7) is 1.95. The van der Waals surface area contributed by atoms with Crippen molar-refractivity contribution in [3.63, 3.8) is 0 Å². The molecule has 1 atom stereocenters. The van der Waals surface area contributed by atoms with Crippen molar-refractivity contribution in [1.82, 2.24) is 5.32 Å². The summed E-state index contributed by atoms with van der Waals surface area (Å²) in [5, 5.41) is 2.90. The van der Waals surface area contributed by atoms with Gasteiger partial charge in [0.15, 0.2) is 0 Å². The Bertz CT molecular complexity index is 536. The lowest BCUT2D eigenvalue weighted by atomic mass is 10.1. The van der Waals surface area contributed by atoms with E-state index >= 15 is 0 Å². The molecule has 0 aliphatic carbocycles. The minimum atomic E-state index is -0.339. The standard InChI is InChI=1S/C16H16FNO/c1-12(11-13-5-3-2-4-6-13)18-16(19)14-7-9-15(17)10-8-14/h2-10,12H,11H2,1H3,(H,18,19)/t12-/m0/s1. The van der Waals surface area contributed by atoms with Crippen molar-refractivity contribution in [2.24, 2.45) is 0 Å². The number of rotatable bonds is 4. The van der Waals surface area contributed by atoms with Crippen molar-refractivity contribution < 1.29 is 9.18 Å². The van der Waals surface area contributed by atoms with Gasteiger partial charge in [-0.15, -0.1) is 0 Å². The predicted molar refractivity (Wildman–Crippen MR) is 73.5 cm³/mol. The maximum absolute atomic E-state index is 12.8. The van der Waals surface area contributed by atoms with Gasteiger partial charge in [0.25, 0.3) is 5.91 Å². The fraction of sp³-hybridized carbons (Fsp3) is 0.188. The van der Waals surface area contributed by atoms with Crippen LogP contribution in [0.2, 0.25) is 0 Å². The summed E-state index contributed by atoms with van der Waals surface area (Å²) in [5.41, 5.74) is 1.65. The van der Waals surface area contributed by atoms with Gasteiger partial charge in [-0.25, -0.2) is 4.39 Å². The first-order valence-corrected chi connectivity index (χ1v) is 6.25. The summed E-state index contributed by atoms with van der Waals surface area (Å²) in [4.78, 5) is 11.9. The average Bonchev–Trinajstić information content (AvgIpc) is 2.40. The van der Waals surface area contributed by atoms with Gasteiger partial charge in [-0.05, 0) is 43.2 Å². The lowest BCUT2D eigenvalue weighted by Gasteiger charge is -2.14. The number of nitrogens with one attached hydrogen (secondary N) is 1. The van der Waals surface area contributed by atoms with Crippen LogP contribution in [0.1, 0.15) is 22.8 Å². The smallest absolute Gasteiger partial charge is 0.251 e. The fourth-order valence-corrected chi connectivity index (χ4v) is 1.93. The Hall–Kier alpha value is -2.16. The van der Waals surface area contributed by atoms with Crippen LogP contribution in [0.25, 0.3) is 0 Å². The van der Waals surface area contributed by atoms with Gasteiger partial charge in [-0.3, -0.25) is 4.79 Å². The molecular weight excluding hydrogens is 241 g/mol. The molecule has 2 nitrogen and oxygen atoms in total. The first-order valence-electron chi connectivity index (χ1n) is 6.25. The third-order valence-electron chi connectivity index (χ3n) is 2.87. The highest BCUT2D eigenvalue weighted by Gasteiger charge is 2.10. The Kier molecular flexibility index (Phi) is 4.29. The zero-order valence-electron chi connectivity index (χ0n) is 10.8. The van der Waals surface area contributed by atoms with E-state index < -0.39 is 0 Å². The molecule has 0 unspecified atom stereocenters.